The lowest BCUT2D eigenvalue weighted by Gasteiger charge is -2.45. The molecule has 2 aromatic carbocycles. The van der Waals surface area contributed by atoms with Gasteiger partial charge in [0.2, 0.25) is 0 Å². The van der Waals surface area contributed by atoms with Crippen LogP contribution in [-0.2, 0) is 16.9 Å². The molecule has 3 N–H and O–H groups in total. The first-order chi connectivity index (χ1) is 15.5. The van der Waals surface area contributed by atoms with E-state index in [1.807, 2.05) is 12.1 Å². The van der Waals surface area contributed by atoms with E-state index in [9.17, 15) is 4.79 Å². The maximum atomic E-state index is 11.1. The number of rotatable bonds is 8. The van der Waals surface area contributed by atoms with Crippen molar-refractivity contribution in [1.29, 1.82) is 0 Å². The molecule has 0 amide bonds. The molecule has 172 valence electrons. The van der Waals surface area contributed by atoms with Gasteiger partial charge in [-0.2, -0.15) is 0 Å². The van der Waals surface area contributed by atoms with E-state index in [0.29, 0.717) is 19.0 Å². The van der Waals surface area contributed by atoms with E-state index in [1.165, 1.54) is 11.1 Å². The van der Waals surface area contributed by atoms with Crippen molar-refractivity contribution < 1.29 is 14.6 Å². The zero-order valence-corrected chi connectivity index (χ0v) is 19.1. The summed E-state index contributed by atoms with van der Waals surface area (Å²) in [7, 11) is 4.40. The van der Waals surface area contributed by atoms with E-state index >= 15 is 0 Å². The Morgan fingerprint density at radius 3 is 2.56 bits per heavy atom. The summed E-state index contributed by atoms with van der Waals surface area (Å²) in [6.07, 6.45) is 4.97. The predicted molar refractivity (Wildman–Crippen MR) is 126 cm³/mol. The largest absolute Gasteiger partial charge is 0.489 e. The average molecular weight is 438 g/mol. The summed E-state index contributed by atoms with van der Waals surface area (Å²) in [6.45, 7) is 1.37. The Bertz CT molecular complexity index is 894. The Morgan fingerprint density at radius 1 is 1.16 bits per heavy atom. The van der Waals surface area contributed by atoms with Gasteiger partial charge in [-0.25, -0.2) is 0 Å². The van der Waals surface area contributed by atoms with Crippen molar-refractivity contribution in [2.75, 3.05) is 20.6 Å². The Labute approximate surface area is 191 Å². The molecule has 4 rings (SSSR count). The first-order valence-corrected chi connectivity index (χ1v) is 11.6. The highest BCUT2D eigenvalue weighted by Crippen LogP contribution is 2.41. The number of hydrogen-bond acceptors (Lipinski definition) is 5. The zero-order chi connectivity index (χ0) is 22.6. The molecular formula is C26H35N3O3. The third kappa shape index (κ3) is 5.14. The number of nitrogens with zero attached hydrogens (tertiary/aromatic N) is 1. The van der Waals surface area contributed by atoms with Crippen LogP contribution in [0, 0.1) is 0 Å². The van der Waals surface area contributed by atoms with Crippen molar-refractivity contribution >= 4 is 5.97 Å². The number of carbonyl (C=O) groups is 1. The van der Waals surface area contributed by atoms with Crippen molar-refractivity contribution in [3.8, 4) is 5.75 Å². The molecule has 0 bridgehead atoms. The molecular weight excluding hydrogens is 402 g/mol. The van der Waals surface area contributed by atoms with Crippen LogP contribution in [0.2, 0.25) is 0 Å². The molecule has 1 saturated carbocycles. The number of carboxylic acids is 1. The summed E-state index contributed by atoms with van der Waals surface area (Å²) in [6, 6.07) is 19.0. The van der Waals surface area contributed by atoms with Crippen molar-refractivity contribution in [1.82, 2.24) is 15.5 Å². The highest BCUT2D eigenvalue weighted by molar-refractivity contribution is 5.73. The number of aliphatic carboxylic acids is 1. The van der Waals surface area contributed by atoms with E-state index in [4.69, 9.17) is 9.84 Å². The fourth-order valence-electron chi connectivity index (χ4n) is 5.21. The quantitative estimate of drug-likeness (QED) is 0.588. The first-order valence-electron chi connectivity index (χ1n) is 11.6. The van der Waals surface area contributed by atoms with E-state index in [-0.39, 0.29) is 11.6 Å². The molecule has 32 heavy (non-hydrogen) atoms. The molecule has 6 heteroatoms. The van der Waals surface area contributed by atoms with Crippen molar-refractivity contribution in [3.63, 3.8) is 0 Å². The molecule has 2 fully saturated rings. The molecule has 0 radical (unpaired) electrons. The summed E-state index contributed by atoms with van der Waals surface area (Å²) in [5.74, 6) is -0.00596. The lowest BCUT2D eigenvalue weighted by molar-refractivity contribution is -0.139. The van der Waals surface area contributed by atoms with Gasteiger partial charge in [-0.15, -0.1) is 0 Å². The summed E-state index contributed by atoms with van der Waals surface area (Å²) < 4.78 is 6.03. The normalized spacial score (nSPS) is 28.0. The second-order valence-corrected chi connectivity index (χ2v) is 9.37. The van der Waals surface area contributed by atoms with Crippen LogP contribution in [0.15, 0.2) is 54.6 Å². The van der Waals surface area contributed by atoms with E-state index in [1.54, 1.807) is 0 Å². The molecule has 0 aromatic heterocycles. The molecule has 1 saturated heterocycles. The molecule has 2 aliphatic rings. The van der Waals surface area contributed by atoms with Gasteiger partial charge in [0.05, 0.1) is 0 Å². The standard InChI is InChI=1S/C26H35N3O3/c1-29(2)26(20-8-4-3-5-9-20)13-11-21(12-14-26)27-17-19-7-6-10-22(15-19)32-23-16-24(25(30)31)28-18-23/h3-10,15,21,23-24,27-28H,11-14,16-18H2,1-2H3,(H,30,31)/t21?,23-,24-,26?/m0/s1. The summed E-state index contributed by atoms with van der Waals surface area (Å²) >= 11 is 0. The average Bonchev–Trinajstić information content (AvgIpc) is 3.28. The minimum Gasteiger partial charge on any atom is -0.489 e. The van der Waals surface area contributed by atoms with Crippen LogP contribution in [0.25, 0.3) is 0 Å². The molecule has 2 aromatic rings. The highest BCUT2D eigenvalue weighted by Gasteiger charge is 2.38. The van der Waals surface area contributed by atoms with Gasteiger partial charge in [0.25, 0.3) is 0 Å². The van der Waals surface area contributed by atoms with Crippen LogP contribution in [-0.4, -0.2) is 54.8 Å². The van der Waals surface area contributed by atoms with Gasteiger partial charge in [-0.1, -0.05) is 42.5 Å². The Kier molecular flexibility index (Phi) is 7.13. The van der Waals surface area contributed by atoms with Crippen molar-refractivity contribution in [3.05, 3.63) is 65.7 Å². The highest BCUT2D eigenvalue weighted by atomic mass is 16.5. The van der Waals surface area contributed by atoms with Crippen LogP contribution >= 0.6 is 0 Å². The van der Waals surface area contributed by atoms with E-state index in [2.05, 4.69) is 72.1 Å². The molecule has 0 spiro atoms. The lowest BCUT2D eigenvalue weighted by atomic mass is 9.74. The third-order valence-electron chi connectivity index (χ3n) is 7.16. The molecule has 1 aliphatic heterocycles. The van der Waals surface area contributed by atoms with Crippen LogP contribution < -0.4 is 15.4 Å². The lowest BCUT2D eigenvalue weighted by Crippen LogP contribution is -2.47. The number of nitrogens with one attached hydrogen (secondary N) is 2. The zero-order valence-electron chi connectivity index (χ0n) is 19.1. The Morgan fingerprint density at radius 2 is 1.91 bits per heavy atom. The van der Waals surface area contributed by atoms with Gasteiger partial charge in [0, 0.05) is 31.1 Å². The SMILES string of the molecule is CN(C)C1(c2ccccc2)CCC(NCc2cccc(O[C@@H]3CN[C@H](C(=O)O)C3)c2)CC1. The van der Waals surface area contributed by atoms with Gasteiger partial charge in [-0.3, -0.25) is 9.69 Å². The van der Waals surface area contributed by atoms with Gasteiger partial charge in [0.15, 0.2) is 0 Å². The minimum absolute atomic E-state index is 0.102. The monoisotopic (exact) mass is 437 g/mol. The van der Waals surface area contributed by atoms with Crippen molar-refractivity contribution in [2.45, 2.75) is 62.4 Å². The molecule has 1 aliphatic carbocycles. The minimum atomic E-state index is -0.813. The topological polar surface area (TPSA) is 73.8 Å². The van der Waals surface area contributed by atoms with Crippen molar-refractivity contribution in [2.24, 2.45) is 0 Å². The number of hydrogen-bond donors (Lipinski definition) is 3. The van der Waals surface area contributed by atoms with E-state index in [0.717, 1.165) is 38.0 Å². The fourth-order valence-corrected chi connectivity index (χ4v) is 5.21. The maximum Gasteiger partial charge on any atom is 0.320 e. The van der Waals surface area contributed by atoms with Crippen LogP contribution in [0.1, 0.15) is 43.2 Å². The van der Waals surface area contributed by atoms with E-state index < -0.39 is 12.0 Å². The third-order valence-corrected chi connectivity index (χ3v) is 7.16. The number of ether oxygens (including phenoxy) is 1. The number of carboxylic acid groups (broad SMARTS) is 1. The number of benzene rings is 2. The Balaban J connectivity index is 1.30. The summed E-state index contributed by atoms with van der Waals surface area (Å²) in [5.41, 5.74) is 2.73. The van der Waals surface area contributed by atoms with Crippen LogP contribution in [0.4, 0.5) is 0 Å². The summed E-state index contributed by atoms with van der Waals surface area (Å²) in [4.78, 5) is 13.5. The molecule has 0 unspecified atom stereocenters. The molecule has 2 atom stereocenters. The molecule has 1 heterocycles. The fraction of sp³-hybridized carbons (Fsp3) is 0.500. The maximum absolute atomic E-state index is 11.1. The summed E-state index contributed by atoms with van der Waals surface area (Å²) in [5, 5.41) is 15.9. The second-order valence-electron chi connectivity index (χ2n) is 9.37. The first kappa shape index (κ1) is 22.8. The van der Waals surface area contributed by atoms with Crippen LogP contribution in [0.5, 0.6) is 5.75 Å². The van der Waals surface area contributed by atoms with Gasteiger partial charge in [-0.05, 0) is 63.0 Å². The van der Waals surface area contributed by atoms with Gasteiger partial charge >= 0.3 is 5.97 Å². The van der Waals surface area contributed by atoms with Gasteiger partial charge < -0.3 is 20.5 Å². The van der Waals surface area contributed by atoms with Gasteiger partial charge in [0.1, 0.15) is 17.9 Å². The smallest absolute Gasteiger partial charge is 0.320 e. The predicted octanol–water partition coefficient (Wildman–Crippen LogP) is 3.37. The molecule has 6 nitrogen and oxygen atoms in total. The second kappa shape index (κ2) is 10.0. The Hall–Kier alpha value is -2.41. The van der Waals surface area contributed by atoms with Crippen LogP contribution in [0.3, 0.4) is 0 Å².